The lowest BCUT2D eigenvalue weighted by atomic mass is 9.38. The van der Waals surface area contributed by atoms with E-state index in [-0.39, 0.29) is 28.5 Å². The first-order chi connectivity index (χ1) is 15.8. The molecule has 0 radical (unpaired) electrons. The molecule has 0 spiro atoms. The summed E-state index contributed by atoms with van der Waals surface area (Å²) < 4.78 is 11.8. The summed E-state index contributed by atoms with van der Waals surface area (Å²) >= 11 is 0. The topological polar surface area (TPSA) is 35.5 Å². The minimum atomic E-state index is -0.0758. The number of hydrogen-bond acceptors (Lipinski definition) is 3. The van der Waals surface area contributed by atoms with E-state index in [1.807, 2.05) is 0 Å². The summed E-state index contributed by atoms with van der Waals surface area (Å²) in [5, 5.41) is 0. The highest BCUT2D eigenvalue weighted by Crippen LogP contribution is 2.74. The lowest BCUT2D eigenvalue weighted by Gasteiger charge is -2.66. The molecule has 34 heavy (non-hydrogen) atoms. The van der Waals surface area contributed by atoms with E-state index in [0.717, 1.165) is 19.3 Å². The van der Waals surface area contributed by atoms with Crippen molar-refractivity contribution in [3.8, 4) is 0 Å². The second-order valence-electron chi connectivity index (χ2n) is 13.5. The first-order valence-corrected chi connectivity index (χ1v) is 13.9. The van der Waals surface area contributed by atoms with Gasteiger partial charge in [0.15, 0.2) is 0 Å². The Morgan fingerprint density at radius 2 is 1.56 bits per heavy atom. The molecule has 9 atom stereocenters. The third-order valence-corrected chi connectivity index (χ3v) is 12.0. The first-order valence-electron chi connectivity index (χ1n) is 13.9. The molecule has 0 unspecified atom stereocenters. The fourth-order valence-corrected chi connectivity index (χ4v) is 9.95. The molecule has 0 aromatic rings. The Labute approximate surface area is 209 Å². The van der Waals surface area contributed by atoms with Crippen LogP contribution in [0, 0.1) is 39.9 Å². The van der Waals surface area contributed by atoms with E-state index in [0.29, 0.717) is 35.5 Å². The number of carbonyl (C=O) groups is 1. The Kier molecular flexibility index (Phi) is 6.71. The number of carbonyl (C=O) groups excluding carboxylic acids is 1. The molecule has 4 rings (SSSR count). The monoisotopic (exact) mass is 470 g/mol. The summed E-state index contributed by atoms with van der Waals surface area (Å²) in [7, 11) is 1.51. The number of allylic oxidation sites excluding steroid dienone is 1. The molecule has 4 aliphatic rings. The van der Waals surface area contributed by atoms with Crippen molar-refractivity contribution in [2.24, 2.45) is 39.9 Å². The number of rotatable bonds is 6. The highest BCUT2D eigenvalue weighted by atomic mass is 16.5. The highest BCUT2D eigenvalue weighted by molar-refractivity contribution is 5.69. The van der Waals surface area contributed by atoms with Crippen LogP contribution in [0.1, 0.15) is 106 Å². The van der Waals surface area contributed by atoms with Crippen molar-refractivity contribution in [1.29, 1.82) is 0 Å². The van der Waals surface area contributed by atoms with Crippen LogP contribution in [0.4, 0.5) is 0 Å². The van der Waals surface area contributed by atoms with Gasteiger partial charge in [0.1, 0.15) is 0 Å². The van der Waals surface area contributed by atoms with Crippen molar-refractivity contribution >= 4 is 5.97 Å². The van der Waals surface area contributed by atoms with Gasteiger partial charge in [-0.1, -0.05) is 45.1 Å². The zero-order valence-electron chi connectivity index (χ0n) is 23.1. The zero-order chi connectivity index (χ0) is 25.1. The largest absolute Gasteiger partial charge is 0.469 e. The number of methoxy groups -OCH3 is 1. The van der Waals surface area contributed by atoms with Gasteiger partial charge in [0.2, 0.25) is 0 Å². The molecule has 192 valence electrons. The number of esters is 1. The first kappa shape index (κ1) is 26.0. The second kappa shape index (κ2) is 8.79. The van der Waals surface area contributed by atoms with Gasteiger partial charge < -0.3 is 9.47 Å². The Morgan fingerprint density at radius 3 is 2.15 bits per heavy atom. The van der Waals surface area contributed by atoms with Gasteiger partial charge in [-0.05, 0) is 118 Å². The molecule has 3 aliphatic carbocycles. The summed E-state index contributed by atoms with van der Waals surface area (Å²) in [6.45, 7) is 23.1. The van der Waals surface area contributed by atoms with E-state index in [1.54, 1.807) is 0 Å². The zero-order valence-corrected chi connectivity index (χ0v) is 23.1. The third-order valence-electron chi connectivity index (χ3n) is 12.0. The van der Waals surface area contributed by atoms with E-state index < -0.39 is 0 Å². The normalized spacial score (nSPS) is 48.1. The maximum atomic E-state index is 12.2. The lowest BCUT2D eigenvalue weighted by molar-refractivity contribution is -0.181. The molecule has 3 heteroatoms. The summed E-state index contributed by atoms with van der Waals surface area (Å²) in [5.74, 6) is 2.38. The molecule has 0 aromatic heterocycles. The van der Waals surface area contributed by atoms with Crippen LogP contribution >= 0.6 is 0 Å². The van der Waals surface area contributed by atoms with E-state index in [9.17, 15) is 4.79 Å². The van der Waals surface area contributed by atoms with Crippen molar-refractivity contribution in [2.75, 3.05) is 7.11 Å². The lowest BCUT2D eigenvalue weighted by Crippen LogP contribution is -2.60. The summed E-state index contributed by atoms with van der Waals surface area (Å²) in [4.78, 5) is 12.2. The number of ether oxygens (including phenoxy) is 2. The van der Waals surface area contributed by atoms with Crippen LogP contribution in [0.2, 0.25) is 0 Å². The summed E-state index contributed by atoms with van der Waals surface area (Å²) in [6, 6.07) is 0. The minimum absolute atomic E-state index is 0.0155. The molecule has 0 aromatic carbocycles. The smallest absolute Gasteiger partial charge is 0.305 e. The van der Waals surface area contributed by atoms with Gasteiger partial charge in [0.25, 0.3) is 0 Å². The quantitative estimate of drug-likeness (QED) is 0.292. The fourth-order valence-electron chi connectivity index (χ4n) is 9.95. The molecular weight excluding hydrogens is 420 g/mol. The van der Waals surface area contributed by atoms with Crippen LogP contribution in [0.5, 0.6) is 0 Å². The van der Waals surface area contributed by atoms with Crippen molar-refractivity contribution in [3.05, 3.63) is 24.3 Å². The van der Waals surface area contributed by atoms with Gasteiger partial charge in [-0.2, -0.15) is 0 Å². The Hall–Kier alpha value is -1.09. The number of hydrogen-bond donors (Lipinski definition) is 0. The van der Waals surface area contributed by atoms with E-state index in [1.165, 1.54) is 56.8 Å². The van der Waals surface area contributed by atoms with Crippen molar-refractivity contribution in [1.82, 2.24) is 0 Å². The molecule has 1 heterocycles. The molecule has 0 amide bonds. The minimum Gasteiger partial charge on any atom is -0.469 e. The molecule has 4 fully saturated rings. The standard InChI is InChI=1S/C31H50O3/c1-20(2)22-12-18-30(7)26(28(22,5)16-15-27(32)33-9)11-10-23-24(13-17-29(23,30)6)31(8)19-14-25(34-31)21(3)4/h22-26H,1,3,10-19H2,2,4-9H3/t22-,23+,24-,25-,26+,28-,29+,30+,31-/m0/s1. The van der Waals surface area contributed by atoms with Crippen molar-refractivity contribution < 1.29 is 14.3 Å². The van der Waals surface area contributed by atoms with Gasteiger partial charge in [0, 0.05) is 6.42 Å². The molecule has 3 nitrogen and oxygen atoms in total. The maximum absolute atomic E-state index is 12.2. The van der Waals surface area contributed by atoms with Crippen molar-refractivity contribution in [3.63, 3.8) is 0 Å². The van der Waals surface area contributed by atoms with E-state index in [4.69, 9.17) is 9.47 Å². The molecular formula is C31H50O3. The van der Waals surface area contributed by atoms with Crippen LogP contribution < -0.4 is 0 Å². The molecule has 3 saturated carbocycles. The predicted octanol–water partition coefficient (Wildman–Crippen LogP) is 7.89. The molecule has 0 bridgehead atoms. The van der Waals surface area contributed by atoms with E-state index in [2.05, 4.69) is 54.7 Å². The average molecular weight is 471 g/mol. The van der Waals surface area contributed by atoms with Crippen molar-refractivity contribution in [2.45, 2.75) is 117 Å². The summed E-state index contributed by atoms with van der Waals surface area (Å²) in [5.41, 5.74) is 3.16. The van der Waals surface area contributed by atoms with Crippen LogP contribution in [0.15, 0.2) is 24.3 Å². The SMILES string of the molecule is C=C(C)[C@@H]1CC[C@@](C)([C@H]2CC[C@]3(C)[C@@H]2CC[C@@H]2[C@@](C)(CCC(=O)OC)[C@H](C(=C)C)CC[C@]23C)O1. The van der Waals surface area contributed by atoms with Gasteiger partial charge in [0.05, 0.1) is 18.8 Å². The van der Waals surface area contributed by atoms with Gasteiger partial charge in [-0.3, -0.25) is 4.79 Å². The maximum Gasteiger partial charge on any atom is 0.305 e. The second-order valence-corrected chi connectivity index (χ2v) is 13.5. The van der Waals surface area contributed by atoms with Crippen LogP contribution in [0.3, 0.4) is 0 Å². The van der Waals surface area contributed by atoms with Crippen LogP contribution in [-0.4, -0.2) is 24.8 Å². The summed E-state index contributed by atoms with van der Waals surface area (Å²) in [6.07, 6.45) is 11.5. The van der Waals surface area contributed by atoms with Crippen LogP contribution in [-0.2, 0) is 14.3 Å². The molecule has 0 N–H and O–H groups in total. The Balaban J connectivity index is 1.64. The third kappa shape index (κ3) is 3.75. The van der Waals surface area contributed by atoms with Gasteiger partial charge in [-0.25, -0.2) is 0 Å². The fraction of sp³-hybridized carbons (Fsp3) is 0.839. The van der Waals surface area contributed by atoms with Gasteiger partial charge >= 0.3 is 5.97 Å². The molecule has 1 aliphatic heterocycles. The highest BCUT2D eigenvalue weighted by Gasteiger charge is 2.67. The average Bonchev–Trinajstić information content (AvgIpc) is 3.34. The Morgan fingerprint density at radius 1 is 0.882 bits per heavy atom. The van der Waals surface area contributed by atoms with Gasteiger partial charge in [-0.15, -0.1) is 0 Å². The Bertz CT molecular complexity index is 846. The number of fused-ring (bicyclic) bond motifs is 3. The molecule has 1 saturated heterocycles. The predicted molar refractivity (Wildman–Crippen MR) is 139 cm³/mol. The van der Waals surface area contributed by atoms with E-state index >= 15 is 0 Å². The van der Waals surface area contributed by atoms with Crippen LogP contribution in [0.25, 0.3) is 0 Å².